The highest BCUT2D eigenvalue weighted by atomic mass is 35.5. The summed E-state index contributed by atoms with van der Waals surface area (Å²) in [4.78, 5) is 23.8. The summed E-state index contributed by atoms with van der Waals surface area (Å²) >= 11 is 6.01. The van der Waals surface area contributed by atoms with E-state index in [2.05, 4.69) is 17.6 Å². The molecule has 4 nitrogen and oxygen atoms in total. The molecule has 0 spiro atoms. The number of hydrogen-bond acceptors (Lipinski definition) is 2. The first kappa shape index (κ1) is 22.5. The number of hydrogen-bond donors (Lipinski definition) is 2. The van der Waals surface area contributed by atoms with Crippen molar-refractivity contribution >= 4 is 29.1 Å². The summed E-state index contributed by atoms with van der Waals surface area (Å²) in [7, 11) is 0. The first-order chi connectivity index (χ1) is 12.6. The average Bonchev–Trinajstić information content (AvgIpc) is 2.63. The minimum atomic E-state index is -0.651. The molecule has 1 aromatic carbocycles. The second kappa shape index (κ2) is 13.6. The van der Waals surface area contributed by atoms with E-state index in [1.165, 1.54) is 51.4 Å². The van der Waals surface area contributed by atoms with Gasteiger partial charge in [-0.3, -0.25) is 9.59 Å². The molecule has 0 aromatic heterocycles. The van der Waals surface area contributed by atoms with Crippen LogP contribution in [0.4, 0.5) is 5.69 Å². The number of halogens is 1. The van der Waals surface area contributed by atoms with Gasteiger partial charge in [0.25, 0.3) is 0 Å². The highest BCUT2D eigenvalue weighted by molar-refractivity contribution is 6.40. The predicted molar refractivity (Wildman–Crippen MR) is 110 cm³/mol. The van der Waals surface area contributed by atoms with Crippen LogP contribution in [0, 0.1) is 6.92 Å². The maximum atomic E-state index is 11.9. The Morgan fingerprint density at radius 2 is 1.46 bits per heavy atom. The number of carbonyl (C=O) groups excluding carboxylic acids is 2. The zero-order valence-electron chi connectivity index (χ0n) is 16.2. The van der Waals surface area contributed by atoms with Crippen molar-refractivity contribution in [3.63, 3.8) is 0 Å². The molecule has 26 heavy (non-hydrogen) atoms. The molecule has 0 saturated heterocycles. The van der Waals surface area contributed by atoms with Gasteiger partial charge in [-0.2, -0.15) is 0 Å². The largest absolute Gasteiger partial charge is 0.348 e. The molecule has 5 heteroatoms. The normalized spacial score (nSPS) is 10.6. The molecule has 0 aliphatic rings. The minimum Gasteiger partial charge on any atom is -0.348 e. The van der Waals surface area contributed by atoms with E-state index in [1.807, 2.05) is 0 Å². The van der Waals surface area contributed by atoms with Crippen molar-refractivity contribution in [3.8, 4) is 0 Å². The Hall–Kier alpha value is -1.55. The summed E-state index contributed by atoms with van der Waals surface area (Å²) in [5.41, 5.74) is 1.32. The van der Waals surface area contributed by atoms with E-state index in [1.54, 1.807) is 25.1 Å². The average molecular weight is 381 g/mol. The van der Waals surface area contributed by atoms with Gasteiger partial charge < -0.3 is 10.6 Å². The minimum absolute atomic E-state index is 0.539. The van der Waals surface area contributed by atoms with Crippen LogP contribution in [-0.2, 0) is 9.59 Å². The van der Waals surface area contributed by atoms with Crippen molar-refractivity contribution in [2.24, 2.45) is 0 Å². The summed E-state index contributed by atoms with van der Waals surface area (Å²) in [6, 6.07) is 5.22. The lowest BCUT2D eigenvalue weighted by Crippen LogP contribution is -2.36. The Labute approximate surface area is 163 Å². The van der Waals surface area contributed by atoms with Gasteiger partial charge >= 0.3 is 11.8 Å². The van der Waals surface area contributed by atoms with Crippen LogP contribution in [0.5, 0.6) is 0 Å². The fraction of sp³-hybridized carbons (Fsp3) is 0.619. The van der Waals surface area contributed by atoms with Gasteiger partial charge in [0.2, 0.25) is 0 Å². The van der Waals surface area contributed by atoms with E-state index in [0.717, 1.165) is 18.4 Å². The zero-order valence-corrected chi connectivity index (χ0v) is 17.0. The summed E-state index contributed by atoms with van der Waals surface area (Å²) in [5.74, 6) is -1.25. The molecule has 0 atom stereocenters. The number of unbranched alkanes of at least 4 members (excludes halogenated alkanes) is 9. The van der Waals surface area contributed by atoms with Crippen LogP contribution in [0.3, 0.4) is 0 Å². The number of anilines is 1. The Morgan fingerprint density at radius 1 is 0.885 bits per heavy atom. The van der Waals surface area contributed by atoms with Gasteiger partial charge in [-0.1, -0.05) is 82.4 Å². The molecule has 0 radical (unpaired) electrons. The lowest BCUT2D eigenvalue weighted by molar-refractivity contribution is -0.136. The lowest BCUT2D eigenvalue weighted by Gasteiger charge is -2.09. The molecule has 0 fully saturated rings. The molecule has 0 aliphatic carbocycles. The second-order valence-electron chi connectivity index (χ2n) is 6.80. The second-order valence-corrected chi connectivity index (χ2v) is 7.21. The van der Waals surface area contributed by atoms with Crippen LogP contribution in [0.15, 0.2) is 18.2 Å². The van der Waals surface area contributed by atoms with Crippen molar-refractivity contribution in [3.05, 3.63) is 28.8 Å². The molecule has 146 valence electrons. The predicted octanol–water partition coefficient (Wildman–Crippen LogP) is 5.62. The molecular formula is C21H33ClN2O2. The standard InChI is InChI=1S/C21H33ClN2O2/c1-3-4-5-6-7-8-9-10-11-12-16-23-20(25)21(26)24-19-15-13-14-18(22)17(19)2/h13-15H,3-12,16H2,1-2H3,(H,23,25)(H,24,26). The first-order valence-electron chi connectivity index (χ1n) is 9.90. The van der Waals surface area contributed by atoms with E-state index >= 15 is 0 Å². The van der Waals surface area contributed by atoms with Crippen molar-refractivity contribution in [1.29, 1.82) is 0 Å². The Kier molecular flexibility index (Phi) is 11.8. The summed E-state index contributed by atoms with van der Waals surface area (Å²) in [6.45, 7) is 4.58. The molecule has 2 amide bonds. The summed E-state index contributed by atoms with van der Waals surface area (Å²) < 4.78 is 0. The Morgan fingerprint density at radius 3 is 2.08 bits per heavy atom. The van der Waals surface area contributed by atoms with Crippen molar-refractivity contribution in [2.75, 3.05) is 11.9 Å². The Bertz CT molecular complexity index is 561. The van der Waals surface area contributed by atoms with E-state index in [0.29, 0.717) is 17.3 Å². The maximum Gasteiger partial charge on any atom is 0.313 e. The molecule has 2 N–H and O–H groups in total. The van der Waals surface area contributed by atoms with Gasteiger partial charge in [0.15, 0.2) is 0 Å². The van der Waals surface area contributed by atoms with Gasteiger partial charge in [0, 0.05) is 17.3 Å². The number of carbonyl (C=O) groups is 2. The van der Waals surface area contributed by atoms with Crippen LogP contribution in [-0.4, -0.2) is 18.4 Å². The van der Waals surface area contributed by atoms with E-state index in [4.69, 9.17) is 11.6 Å². The fourth-order valence-corrected chi connectivity index (χ4v) is 2.99. The zero-order chi connectivity index (χ0) is 19.2. The molecule has 1 rings (SSSR count). The number of amides is 2. The maximum absolute atomic E-state index is 11.9. The Balaban J connectivity index is 2.07. The van der Waals surface area contributed by atoms with Crippen LogP contribution in [0.25, 0.3) is 0 Å². The van der Waals surface area contributed by atoms with Gasteiger partial charge in [-0.25, -0.2) is 0 Å². The highest BCUT2D eigenvalue weighted by Gasteiger charge is 2.14. The van der Waals surface area contributed by atoms with Crippen LogP contribution in [0.1, 0.15) is 76.7 Å². The molecular weight excluding hydrogens is 348 g/mol. The number of nitrogens with one attached hydrogen (secondary N) is 2. The van der Waals surface area contributed by atoms with E-state index < -0.39 is 11.8 Å². The van der Waals surface area contributed by atoms with E-state index in [-0.39, 0.29) is 0 Å². The fourth-order valence-electron chi connectivity index (χ4n) is 2.82. The van der Waals surface area contributed by atoms with Crippen molar-refractivity contribution < 1.29 is 9.59 Å². The molecule has 0 unspecified atom stereocenters. The third kappa shape index (κ3) is 9.23. The monoisotopic (exact) mass is 380 g/mol. The molecule has 1 aromatic rings. The van der Waals surface area contributed by atoms with Crippen LogP contribution >= 0.6 is 11.6 Å². The van der Waals surface area contributed by atoms with Crippen LogP contribution in [0.2, 0.25) is 5.02 Å². The smallest absolute Gasteiger partial charge is 0.313 e. The number of benzene rings is 1. The molecule has 0 bridgehead atoms. The van der Waals surface area contributed by atoms with E-state index in [9.17, 15) is 9.59 Å². The molecule has 0 saturated carbocycles. The SMILES string of the molecule is CCCCCCCCCCCCNC(=O)C(=O)Nc1cccc(Cl)c1C. The molecule has 0 heterocycles. The lowest BCUT2D eigenvalue weighted by atomic mass is 10.1. The summed E-state index contributed by atoms with van der Waals surface area (Å²) in [6.07, 6.45) is 12.4. The van der Waals surface area contributed by atoms with Gasteiger partial charge in [0.1, 0.15) is 0 Å². The van der Waals surface area contributed by atoms with Gasteiger partial charge in [-0.05, 0) is 31.0 Å². The third-order valence-electron chi connectivity index (χ3n) is 4.54. The van der Waals surface area contributed by atoms with Crippen molar-refractivity contribution in [1.82, 2.24) is 5.32 Å². The van der Waals surface area contributed by atoms with Gasteiger partial charge in [0.05, 0.1) is 0 Å². The summed E-state index contributed by atoms with van der Waals surface area (Å²) in [5, 5.41) is 5.85. The molecule has 0 aliphatic heterocycles. The third-order valence-corrected chi connectivity index (χ3v) is 4.95. The van der Waals surface area contributed by atoms with Crippen molar-refractivity contribution in [2.45, 2.75) is 78.1 Å². The highest BCUT2D eigenvalue weighted by Crippen LogP contribution is 2.22. The van der Waals surface area contributed by atoms with Gasteiger partial charge in [-0.15, -0.1) is 0 Å². The topological polar surface area (TPSA) is 58.2 Å². The number of rotatable bonds is 12. The first-order valence-corrected chi connectivity index (χ1v) is 10.3. The quantitative estimate of drug-likeness (QED) is 0.365. The van der Waals surface area contributed by atoms with Crippen LogP contribution < -0.4 is 10.6 Å².